The molecule has 0 heterocycles. The second kappa shape index (κ2) is 3.29. The van der Waals surface area contributed by atoms with Crippen LogP contribution >= 0.6 is 0 Å². The summed E-state index contributed by atoms with van der Waals surface area (Å²) in [6, 6.07) is -1.06. The van der Waals surface area contributed by atoms with Gasteiger partial charge in [-0.3, -0.25) is 0 Å². The minimum atomic E-state index is -0.654. The number of oxime groups is 1. The van der Waals surface area contributed by atoms with E-state index >= 15 is 0 Å². The van der Waals surface area contributed by atoms with Crippen molar-refractivity contribution >= 4 is 11.9 Å². The summed E-state index contributed by atoms with van der Waals surface area (Å²) in [5.74, 6) is 0.282. The summed E-state index contributed by atoms with van der Waals surface area (Å²) in [7, 11) is 0. The molecule has 1 fully saturated rings. The zero-order valence-electron chi connectivity index (χ0n) is 6.53. The standard InChI is InChI=1S/C6H12N4O2/c7-5(10-12)4(3-1-2-3)9-6(8)11/h3-4,12H,1-2H2,(H2,7,10)(H3,8,9,11). The van der Waals surface area contributed by atoms with Gasteiger partial charge in [0.25, 0.3) is 0 Å². The molecular formula is C6H12N4O2. The van der Waals surface area contributed by atoms with Gasteiger partial charge in [0, 0.05) is 0 Å². The van der Waals surface area contributed by atoms with Crippen LogP contribution in [0.3, 0.4) is 0 Å². The van der Waals surface area contributed by atoms with Crippen LogP contribution in [0.5, 0.6) is 0 Å². The molecule has 1 unspecified atom stereocenters. The molecule has 12 heavy (non-hydrogen) atoms. The van der Waals surface area contributed by atoms with E-state index < -0.39 is 12.1 Å². The van der Waals surface area contributed by atoms with Gasteiger partial charge in [0.1, 0.15) is 0 Å². The van der Waals surface area contributed by atoms with Crippen LogP contribution in [-0.2, 0) is 0 Å². The minimum Gasteiger partial charge on any atom is -0.409 e. The van der Waals surface area contributed by atoms with Crippen LogP contribution < -0.4 is 16.8 Å². The highest BCUT2D eigenvalue weighted by Gasteiger charge is 2.34. The summed E-state index contributed by atoms with van der Waals surface area (Å²) in [6.45, 7) is 0. The largest absolute Gasteiger partial charge is 0.409 e. The Labute approximate surface area is 69.6 Å². The highest BCUT2D eigenvalue weighted by Crippen LogP contribution is 2.32. The molecule has 1 atom stereocenters. The van der Waals surface area contributed by atoms with Crippen molar-refractivity contribution in [2.24, 2.45) is 22.5 Å². The lowest BCUT2D eigenvalue weighted by molar-refractivity contribution is 0.246. The quantitative estimate of drug-likeness (QED) is 0.193. The first-order chi connectivity index (χ1) is 5.65. The molecule has 0 bridgehead atoms. The average Bonchev–Trinajstić information content (AvgIpc) is 2.81. The van der Waals surface area contributed by atoms with E-state index in [1.165, 1.54) is 0 Å². The molecule has 1 aliphatic rings. The Kier molecular flexibility index (Phi) is 2.37. The lowest BCUT2D eigenvalue weighted by Gasteiger charge is -2.14. The Morgan fingerprint density at radius 3 is 2.50 bits per heavy atom. The molecule has 0 saturated heterocycles. The van der Waals surface area contributed by atoms with E-state index in [-0.39, 0.29) is 11.8 Å². The Balaban J connectivity index is 2.54. The molecule has 0 radical (unpaired) electrons. The number of carbonyl (C=O) groups excluding carboxylic acids is 1. The fraction of sp³-hybridized carbons (Fsp3) is 0.667. The first-order valence-corrected chi connectivity index (χ1v) is 3.68. The van der Waals surface area contributed by atoms with Crippen molar-refractivity contribution in [3.63, 3.8) is 0 Å². The molecule has 0 aromatic carbocycles. The molecule has 1 aliphatic carbocycles. The molecule has 6 N–H and O–H groups in total. The van der Waals surface area contributed by atoms with E-state index in [0.717, 1.165) is 12.8 Å². The summed E-state index contributed by atoms with van der Waals surface area (Å²) < 4.78 is 0. The number of hydrogen-bond acceptors (Lipinski definition) is 3. The normalized spacial score (nSPS) is 20.2. The molecule has 0 aliphatic heterocycles. The van der Waals surface area contributed by atoms with Crippen molar-refractivity contribution in [1.29, 1.82) is 0 Å². The Hall–Kier alpha value is -1.46. The predicted octanol–water partition coefficient (Wildman–Crippen LogP) is -0.820. The van der Waals surface area contributed by atoms with Gasteiger partial charge < -0.3 is 22.0 Å². The van der Waals surface area contributed by atoms with Gasteiger partial charge in [-0.25, -0.2) is 4.79 Å². The highest BCUT2D eigenvalue weighted by atomic mass is 16.4. The van der Waals surface area contributed by atoms with Crippen molar-refractivity contribution in [2.45, 2.75) is 18.9 Å². The lowest BCUT2D eigenvalue weighted by atomic mass is 10.2. The zero-order chi connectivity index (χ0) is 9.14. The number of nitrogens with two attached hydrogens (primary N) is 2. The van der Waals surface area contributed by atoms with Gasteiger partial charge in [-0.15, -0.1) is 0 Å². The summed E-state index contributed by atoms with van der Waals surface area (Å²) in [6.07, 6.45) is 1.95. The van der Waals surface area contributed by atoms with Gasteiger partial charge >= 0.3 is 6.03 Å². The van der Waals surface area contributed by atoms with Crippen molar-refractivity contribution in [3.8, 4) is 0 Å². The number of amidine groups is 1. The number of nitrogens with zero attached hydrogens (tertiary/aromatic N) is 1. The maximum absolute atomic E-state index is 10.5. The van der Waals surface area contributed by atoms with E-state index in [1.54, 1.807) is 0 Å². The third-order valence-electron chi connectivity index (χ3n) is 1.83. The zero-order valence-corrected chi connectivity index (χ0v) is 6.53. The number of hydrogen-bond donors (Lipinski definition) is 4. The number of urea groups is 1. The van der Waals surface area contributed by atoms with Crippen molar-refractivity contribution < 1.29 is 10.0 Å². The molecule has 2 amide bonds. The van der Waals surface area contributed by atoms with E-state index in [0.29, 0.717) is 0 Å². The molecule has 0 aromatic rings. The second-order valence-electron chi connectivity index (χ2n) is 2.85. The van der Waals surface area contributed by atoms with E-state index in [2.05, 4.69) is 10.5 Å². The van der Waals surface area contributed by atoms with Gasteiger partial charge in [-0.05, 0) is 18.8 Å². The Bertz CT molecular complexity index is 212. The predicted molar refractivity (Wildman–Crippen MR) is 42.6 cm³/mol. The Morgan fingerprint density at radius 2 is 2.17 bits per heavy atom. The van der Waals surface area contributed by atoms with E-state index in [1.807, 2.05) is 0 Å². The topological polar surface area (TPSA) is 114 Å². The van der Waals surface area contributed by atoms with Crippen LogP contribution in [0.25, 0.3) is 0 Å². The van der Waals surface area contributed by atoms with Gasteiger partial charge in [0.05, 0.1) is 6.04 Å². The van der Waals surface area contributed by atoms with Gasteiger partial charge in [0.15, 0.2) is 5.84 Å². The SMILES string of the molecule is NC(=O)NC(C(N)=NO)C1CC1. The fourth-order valence-corrected chi connectivity index (χ4v) is 1.08. The fourth-order valence-electron chi connectivity index (χ4n) is 1.08. The molecular weight excluding hydrogens is 160 g/mol. The summed E-state index contributed by atoms with van der Waals surface area (Å²) in [4.78, 5) is 10.5. The monoisotopic (exact) mass is 172 g/mol. The lowest BCUT2D eigenvalue weighted by Crippen LogP contribution is -2.48. The first-order valence-electron chi connectivity index (χ1n) is 3.68. The maximum atomic E-state index is 10.5. The van der Waals surface area contributed by atoms with Gasteiger partial charge in [0.2, 0.25) is 0 Å². The average molecular weight is 172 g/mol. The third-order valence-corrected chi connectivity index (χ3v) is 1.83. The van der Waals surface area contributed by atoms with Crippen LogP contribution in [0, 0.1) is 5.92 Å². The van der Waals surface area contributed by atoms with Crippen molar-refractivity contribution in [2.75, 3.05) is 0 Å². The third kappa shape index (κ3) is 2.01. The van der Waals surface area contributed by atoms with Crippen molar-refractivity contribution in [3.05, 3.63) is 0 Å². The van der Waals surface area contributed by atoms with Crippen LogP contribution in [0.15, 0.2) is 5.16 Å². The van der Waals surface area contributed by atoms with Crippen LogP contribution in [0.2, 0.25) is 0 Å². The first kappa shape index (κ1) is 8.63. The van der Waals surface area contributed by atoms with Crippen LogP contribution in [-0.4, -0.2) is 23.1 Å². The second-order valence-corrected chi connectivity index (χ2v) is 2.85. The minimum absolute atomic E-state index is 0.0105. The molecule has 68 valence electrons. The number of rotatable bonds is 3. The van der Waals surface area contributed by atoms with Gasteiger partial charge in [-0.2, -0.15) is 0 Å². The summed E-state index contributed by atoms with van der Waals surface area (Å²) in [5, 5.41) is 13.6. The van der Waals surface area contributed by atoms with Crippen LogP contribution in [0.4, 0.5) is 4.79 Å². The summed E-state index contributed by atoms with van der Waals surface area (Å²) in [5.41, 5.74) is 10.2. The summed E-state index contributed by atoms with van der Waals surface area (Å²) >= 11 is 0. The molecule has 6 heteroatoms. The maximum Gasteiger partial charge on any atom is 0.312 e. The molecule has 0 spiro atoms. The molecule has 6 nitrogen and oxygen atoms in total. The van der Waals surface area contributed by atoms with E-state index in [4.69, 9.17) is 16.7 Å². The molecule has 1 rings (SSSR count). The number of carbonyl (C=O) groups is 1. The number of amides is 2. The Morgan fingerprint density at radius 1 is 1.58 bits per heavy atom. The van der Waals surface area contributed by atoms with Crippen molar-refractivity contribution in [1.82, 2.24) is 5.32 Å². The van der Waals surface area contributed by atoms with Gasteiger partial charge in [-0.1, -0.05) is 5.16 Å². The highest BCUT2D eigenvalue weighted by molar-refractivity contribution is 5.89. The van der Waals surface area contributed by atoms with Crippen LogP contribution in [0.1, 0.15) is 12.8 Å². The number of nitrogens with one attached hydrogen (secondary N) is 1. The molecule has 0 aromatic heterocycles. The van der Waals surface area contributed by atoms with E-state index in [9.17, 15) is 4.79 Å². The number of primary amides is 1. The molecule has 1 saturated carbocycles. The smallest absolute Gasteiger partial charge is 0.312 e.